The zero-order chi connectivity index (χ0) is 13.4. The lowest BCUT2D eigenvalue weighted by Crippen LogP contribution is -2.22. The Bertz CT molecular complexity index is 173. The van der Waals surface area contributed by atoms with Crippen molar-refractivity contribution >= 4 is 0 Å². The van der Waals surface area contributed by atoms with Gasteiger partial charge in [-0.2, -0.15) is 0 Å². The van der Waals surface area contributed by atoms with Crippen LogP contribution in [0.2, 0.25) is 0 Å². The highest BCUT2D eigenvalue weighted by atomic mass is 16.7. The molecule has 1 heterocycles. The summed E-state index contributed by atoms with van der Waals surface area (Å²) >= 11 is 0. The van der Waals surface area contributed by atoms with Crippen molar-refractivity contribution in [3.05, 3.63) is 0 Å². The van der Waals surface area contributed by atoms with Crippen LogP contribution in [0.3, 0.4) is 0 Å². The monoisotopic (exact) mass is 242 g/mol. The van der Waals surface area contributed by atoms with E-state index in [-0.39, 0.29) is 6.29 Å². The van der Waals surface area contributed by atoms with Crippen LogP contribution in [0.4, 0.5) is 0 Å². The summed E-state index contributed by atoms with van der Waals surface area (Å²) in [6.45, 7) is 11.6. The maximum atomic E-state index is 5.50. The van der Waals surface area contributed by atoms with Gasteiger partial charge >= 0.3 is 0 Å². The van der Waals surface area contributed by atoms with Gasteiger partial charge in [0.05, 0.1) is 6.61 Å². The fraction of sp³-hybridized carbons (Fsp3) is 0.867. The summed E-state index contributed by atoms with van der Waals surface area (Å²) in [4.78, 5) is 0. The molecule has 0 aliphatic carbocycles. The predicted octanol–water partition coefficient (Wildman–Crippen LogP) is 4.39. The van der Waals surface area contributed by atoms with Gasteiger partial charge in [0.2, 0.25) is 0 Å². The minimum Gasteiger partial charge on any atom is -0.353 e. The van der Waals surface area contributed by atoms with Crippen molar-refractivity contribution in [3.63, 3.8) is 0 Å². The zero-order valence-electron chi connectivity index (χ0n) is 12.3. The van der Waals surface area contributed by atoms with Gasteiger partial charge in [-0.1, -0.05) is 34.6 Å². The summed E-state index contributed by atoms with van der Waals surface area (Å²) in [7, 11) is 0. The molecule has 0 aromatic carbocycles. The molecule has 0 radical (unpaired) electrons. The number of ether oxygens (including phenoxy) is 2. The third kappa shape index (κ3) is 13.4. The van der Waals surface area contributed by atoms with Crippen molar-refractivity contribution in [3.8, 4) is 11.8 Å². The maximum absolute atomic E-state index is 5.50. The lowest BCUT2D eigenvalue weighted by atomic mass is 10.2. The van der Waals surface area contributed by atoms with Gasteiger partial charge in [-0.3, -0.25) is 0 Å². The molecule has 0 amide bonds. The highest BCUT2D eigenvalue weighted by Gasteiger charge is 2.12. The van der Waals surface area contributed by atoms with E-state index < -0.39 is 0 Å². The van der Waals surface area contributed by atoms with Gasteiger partial charge in [-0.25, -0.2) is 0 Å². The highest BCUT2D eigenvalue weighted by molar-refractivity contribution is 4.97. The second-order valence-corrected chi connectivity index (χ2v) is 3.12. The van der Waals surface area contributed by atoms with Crippen LogP contribution in [-0.4, -0.2) is 19.5 Å². The Labute approximate surface area is 108 Å². The van der Waals surface area contributed by atoms with E-state index in [1.165, 1.54) is 12.8 Å². The Kier molecular flexibility index (Phi) is 19.8. The van der Waals surface area contributed by atoms with Gasteiger partial charge in [0.15, 0.2) is 6.29 Å². The third-order valence-corrected chi connectivity index (χ3v) is 1.97. The van der Waals surface area contributed by atoms with E-state index in [0.717, 1.165) is 25.9 Å². The Hall–Kier alpha value is -0.520. The fourth-order valence-electron chi connectivity index (χ4n) is 1.30. The SMILES string of the molecule is CC.CC.CCC#CCCOC1CCCCO1. The lowest BCUT2D eigenvalue weighted by Gasteiger charge is -2.22. The van der Waals surface area contributed by atoms with Crippen molar-refractivity contribution in [1.82, 2.24) is 0 Å². The summed E-state index contributed by atoms with van der Waals surface area (Å²) in [5.74, 6) is 6.06. The molecule has 1 aliphatic heterocycles. The summed E-state index contributed by atoms with van der Waals surface area (Å²) in [5, 5.41) is 0. The molecule has 0 aromatic heterocycles. The third-order valence-electron chi connectivity index (χ3n) is 1.97. The van der Waals surface area contributed by atoms with Crippen LogP contribution in [0, 0.1) is 11.8 Å². The van der Waals surface area contributed by atoms with Crippen LogP contribution in [0.1, 0.15) is 66.7 Å². The van der Waals surface area contributed by atoms with E-state index in [1.54, 1.807) is 0 Å². The Balaban J connectivity index is 0. The van der Waals surface area contributed by atoms with E-state index in [1.807, 2.05) is 27.7 Å². The summed E-state index contributed by atoms with van der Waals surface area (Å²) in [6, 6.07) is 0. The zero-order valence-corrected chi connectivity index (χ0v) is 12.3. The molecule has 102 valence electrons. The van der Waals surface area contributed by atoms with E-state index in [4.69, 9.17) is 9.47 Å². The molecule has 1 unspecified atom stereocenters. The van der Waals surface area contributed by atoms with Gasteiger partial charge in [0.25, 0.3) is 0 Å². The smallest absolute Gasteiger partial charge is 0.157 e. The molecule has 1 saturated heterocycles. The van der Waals surface area contributed by atoms with Crippen molar-refractivity contribution in [2.75, 3.05) is 13.2 Å². The van der Waals surface area contributed by atoms with Crippen molar-refractivity contribution in [2.45, 2.75) is 73.0 Å². The van der Waals surface area contributed by atoms with E-state index in [9.17, 15) is 0 Å². The molecule has 17 heavy (non-hydrogen) atoms. The van der Waals surface area contributed by atoms with E-state index in [2.05, 4.69) is 18.8 Å². The Morgan fingerprint density at radius 3 is 2.35 bits per heavy atom. The number of hydrogen-bond donors (Lipinski definition) is 0. The second-order valence-electron chi connectivity index (χ2n) is 3.12. The topological polar surface area (TPSA) is 18.5 Å². The van der Waals surface area contributed by atoms with Crippen LogP contribution >= 0.6 is 0 Å². The quantitative estimate of drug-likeness (QED) is 0.540. The molecule has 1 atom stereocenters. The van der Waals surface area contributed by atoms with Gasteiger partial charge in [-0.15, -0.1) is 11.8 Å². The molecule has 1 rings (SSSR count). The minimum atomic E-state index is 0.0391. The molecular formula is C15H30O2. The van der Waals surface area contributed by atoms with Crippen LogP contribution in [0.25, 0.3) is 0 Å². The molecule has 0 N–H and O–H groups in total. The summed E-state index contributed by atoms with van der Waals surface area (Å²) in [6.07, 6.45) is 5.24. The van der Waals surface area contributed by atoms with Gasteiger partial charge in [0.1, 0.15) is 0 Å². The van der Waals surface area contributed by atoms with Crippen LogP contribution < -0.4 is 0 Å². The standard InChI is InChI=1S/C11H18O2.2C2H6/c1-2-3-4-6-9-12-11-8-5-7-10-13-11;2*1-2/h11H,2,5-10H2,1H3;2*1-2H3. The van der Waals surface area contributed by atoms with Crippen LogP contribution in [-0.2, 0) is 9.47 Å². The molecule has 0 saturated carbocycles. The first-order valence-electron chi connectivity index (χ1n) is 7.12. The first-order chi connectivity index (χ1) is 8.43. The molecule has 2 heteroatoms. The lowest BCUT2D eigenvalue weighted by molar-refractivity contribution is -0.161. The average Bonchev–Trinajstić information content (AvgIpc) is 2.44. The van der Waals surface area contributed by atoms with E-state index >= 15 is 0 Å². The first kappa shape index (κ1) is 18.8. The van der Waals surface area contributed by atoms with Gasteiger partial charge in [0, 0.05) is 19.4 Å². The first-order valence-corrected chi connectivity index (χ1v) is 7.12. The Morgan fingerprint density at radius 2 is 1.82 bits per heavy atom. The Morgan fingerprint density at radius 1 is 1.12 bits per heavy atom. The second kappa shape index (κ2) is 17.9. The predicted molar refractivity (Wildman–Crippen MR) is 74.9 cm³/mol. The highest BCUT2D eigenvalue weighted by Crippen LogP contribution is 2.13. The molecule has 1 aliphatic rings. The number of hydrogen-bond acceptors (Lipinski definition) is 2. The van der Waals surface area contributed by atoms with Crippen molar-refractivity contribution in [1.29, 1.82) is 0 Å². The summed E-state index contributed by atoms with van der Waals surface area (Å²) in [5.41, 5.74) is 0. The molecule has 2 nitrogen and oxygen atoms in total. The fourth-order valence-corrected chi connectivity index (χ4v) is 1.30. The largest absolute Gasteiger partial charge is 0.353 e. The molecular weight excluding hydrogens is 212 g/mol. The average molecular weight is 242 g/mol. The maximum Gasteiger partial charge on any atom is 0.157 e. The van der Waals surface area contributed by atoms with Crippen molar-refractivity contribution in [2.24, 2.45) is 0 Å². The normalized spacial score (nSPS) is 17.6. The van der Waals surface area contributed by atoms with Crippen LogP contribution in [0.15, 0.2) is 0 Å². The molecule has 1 fully saturated rings. The van der Waals surface area contributed by atoms with Crippen molar-refractivity contribution < 1.29 is 9.47 Å². The van der Waals surface area contributed by atoms with E-state index in [0.29, 0.717) is 6.61 Å². The summed E-state index contributed by atoms with van der Waals surface area (Å²) < 4.78 is 10.9. The van der Waals surface area contributed by atoms with Gasteiger partial charge in [-0.05, 0) is 19.3 Å². The molecule has 0 bridgehead atoms. The van der Waals surface area contributed by atoms with Gasteiger partial charge < -0.3 is 9.47 Å². The molecule has 0 aromatic rings. The minimum absolute atomic E-state index is 0.0391. The number of rotatable bonds is 3. The molecule has 0 spiro atoms. The van der Waals surface area contributed by atoms with Crippen LogP contribution in [0.5, 0.6) is 0 Å².